The maximum Gasteiger partial charge on any atom is 0.269 e. The van der Waals surface area contributed by atoms with Gasteiger partial charge in [0.1, 0.15) is 35.4 Å². The Labute approximate surface area is 172 Å². The van der Waals surface area contributed by atoms with Crippen LogP contribution in [-0.4, -0.2) is 24.9 Å². The van der Waals surface area contributed by atoms with Gasteiger partial charge in [-0.1, -0.05) is 0 Å². The van der Waals surface area contributed by atoms with E-state index in [-0.39, 0.29) is 18.1 Å². The first kappa shape index (κ1) is 20.7. The van der Waals surface area contributed by atoms with E-state index in [0.29, 0.717) is 34.3 Å². The van der Waals surface area contributed by atoms with Crippen molar-refractivity contribution in [1.29, 1.82) is 0 Å². The van der Waals surface area contributed by atoms with Gasteiger partial charge in [0, 0.05) is 12.1 Å². The molecule has 0 atom stereocenters. The van der Waals surface area contributed by atoms with Gasteiger partial charge in [0.25, 0.3) is 5.69 Å². The molecule has 1 aromatic heterocycles. The number of methoxy groups -OCH3 is 2. The number of allylic oxidation sites excluding steroid dienone is 1. The van der Waals surface area contributed by atoms with E-state index in [1.165, 1.54) is 44.6 Å². The molecule has 0 bridgehead atoms. The van der Waals surface area contributed by atoms with Gasteiger partial charge in [-0.15, -0.1) is 0 Å². The summed E-state index contributed by atoms with van der Waals surface area (Å²) in [7, 11) is 3.01. The second-order valence-electron chi connectivity index (χ2n) is 6.11. The van der Waals surface area contributed by atoms with E-state index in [0.717, 1.165) is 0 Å². The number of non-ortho nitro benzene ring substituents is 1. The molecule has 0 N–H and O–H groups in total. The maximum absolute atomic E-state index is 12.5. The maximum atomic E-state index is 12.5. The lowest BCUT2D eigenvalue weighted by Gasteiger charge is -2.07. The number of benzene rings is 2. The Kier molecular flexibility index (Phi) is 6.49. The van der Waals surface area contributed by atoms with Crippen molar-refractivity contribution < 1.29 is 28.3 Å². The normalized spacial score (nSPS) is 10.7. The van der Waals surface area contributed by atoms with Gasteiger partial charge >= 0.3 is 0 Å². The minimum atomic E-state index is -0.475. The Morgan fingerprint density at radius 3 is 2.43 bits per heavy atom. The summed E-state index contributed by atoms with van der Waals surface area (Å²) in [6.07, 6.45) is 2.94. The number of ether oxygens (including phenoxy) is 3. The van der Waals surface area contributed by atoms with Crippen molar-refractivity contribution in [3.05, 3.63) is 87.9 Å². The molecular formula is C22H19NO7. The molecule has 0 saturated carbocycles. The van der Waals surface area contributed by atoms with Crippen LogP contribution >= 0.6 is 0 Å². The van der Waals surface area contributed by atoms with E-state index < -0.39 is 4.92 Å². The van der Waals surface area contributed by atoms with Crippen molar-refractivity contribution >= 4 is 17.5 Å². The third-order valence-electron chi connectivity index (χ3n) is 4.18. The van der Waals surface area contributed by atoms with Crippen molar-refractivity contribution in [2.75, 3.05) is 14.2 Å². The highest BCUT2D eigenvalue weighted by Crippen LogP contribution is 2.25. The third kappa shape index (κ3) is 5.05. The van der Waals surface area contributed by atoms with E-state index >= 15 is 0 Å². The van der Waals surface area contributed by atoms with Crippen molar-refractivity contribution in [2.45, 2.75) is 6.61 Å². The van der Waals surface area contributed by atoms with Crippen LogP contribution in [-0.2, 0) is 6.61 Å². The first-order chi connectivity index (χ1) is 14.5. The van der Waals surface area contributed by atoms with E-state index in [4.69, 9.17) is 18.6 Å². The molecule has 3 rings (SSSR count). The number of hydrogen-bond acceptors (Lipinski definition) is 7. The molecule has 2 aromatic carbocycles. The van der Waals surface area contributed by atoms with E-state index in [2.05, 4.69) is 0 Å². The number of carbonyl (C=O) groups is 1. The number of carbonyl (C=O) groups excluding carboxylic acids is 1. The summed E-state index contributed by atoms with van der Waals surface area (Å²) < 4.78 is 21.6. The molecule has 0 amide bonds. The molecule has 0 radical (unpaired) electrons. The molecule has 0 fully saturated rings. The predicted molar refractivity (Wildman–Crippen MR) is 109 cm³/mol. The molecule has 0 spiro atoms. The number of nitro groups is 1. The van der Waals surface area contributed by atoms with E-state index in [1.54, 1.807) is 36.4 Å². The monoisotopic (exact) mass is 409 g/mol. The van der Waals surface area contributed by atoms with Gasteiger partial charge in [0.2, 0.25) is 0 Å². The third-order valence-corrected chi connectivity index (χ3v) is 4.18. The molecular weight excluding hydrogens is 390 g/mol. The molecule has 0 aliphatic rings. The topological polar surface area (TPSA) is 101 Å². The molecule has 0 saturated heterocycles. The van der Waals surface area contributed by atoms with E-state index in [1.807, 2.05) is 0 Å². The standard InChI is InChI=1S/C22H19NO7/c1-27-18-10-12-22(28-2)20(13-18)21(24)11-9-17-7-8-19(30-17)14-29-16-5-3-15(4-6-16)23(25)26/h3-13H,14H2,1-2H3/b11-9+. The lowest BCUT2D eigenvalue weighted by molar-refractivity contribution is -0.384. The second kappa shape index (κ2) is 9.42. The smallest absolute Gasteiger partial charge is 0.269 e. The van der Waals surface area contributed by atoms with Gasteiger partial charge in [-0.2, -0.15) is 0 Å². The lowest BCUT2D eigenvalue weighted by atomic mass is 10.1. The average Bonchev–Trinajstić information content (AvgIpc) is 3.23. The zero-order valence-electron chi connectivity index (χ0n) is 16.4. The first-order valence-corrected chi connectivity index (χ1v) is 8.90. The fraction of sp³-hybridized carbons (Fsp3) is 0.136. The molecule has 0 aliphatic heterocycles. The summed E-state index contributed by atoms with van der Waals surface area (Å²) in [6, 6.07) is 14.2. The number of nitro benzene ring substituents is 1. The summed E-state index contributed by atoms with van der Waals surface area (Å²) >= 11 is 0. The van der Waals surface area contributed by atoms with Crippen LogP contribution in [0, 0.1) is 10.1 Å². The van der Waals surface area contributed by atoms with Crippen LogP contribution < -0.4 is 14.2 Å². The lowest BCUT2D eigenvalue weighted by Crippen LogP contribution is -1.99. The zero-order valence-corrected chi connectivity index (χ0v) is 16.4. The zero-order chi connectivity index (χ0) is 21.5. The summed E-state index contributed by atoms with van der Waals surface area (Å²) in [6.45, 7) is 0.142. The van der Waals surface area contributed by atoms with Crippen molar-refractivity contribution in [3.63, 3.8) is 0 Å². The Morgan fingerprint density at radius 2 is 1.77 bits per heavy atom. The Bertz CT molecular complexity index is 1070. The molecule has 8 nitrogen and oxygen atoms in total. The summed E-state index contributed by atoms with van der Waals surface area (Å²) in [4.78, 5) is 22.7. The fourth-order valence-corrected chi connectivity index (χ4v) is 2.63. The minimum Gasteiger partial charge on any atom is -0.497 e. The molecule has 0 unspecified atom stereocenters. The van der Waals surface area contributed by atoms with E-state index in [9.17, 15) is 14.9 Å². The number of rotatable bonds is 9. The van der Waals surface area contributed by atoms with Crippen LogP contribution in [0.15, 0.2) is 65.1 Å². The van der Waals surface area contributed by atoms with Crippen molar-refractivity contribution in [2.24, 2.45) is 0 Å². The summed E-state index contributed by atoms with van der Waals surface area (Å²) in [5.74, 6) is 2.24. The van der Waals surface area contributed by atoms with Gasteiger partial charge in [-0.05, 0) is 54.6 Å². The largest absolute Gasteiger partial charge is 0.497 e. The number of furan rings is 1. The minimum absolute atomic E-state index is 0.00916. The van der Waals surface area contributed by atoms with Crippen molar-refractivity contribution in [1.82, 2.24) is 0 Å². The Morgan fingerprint density at radius 1 is 1.03 bits per heavy atom. The summed E-state index contributed by atoms with van der Waals surface area (Å²) in [5, 5.41) is 10.7. The van der Waals surface area contributed by atoms with Crippen molar-refractivity contribution in [3.8, 4) is 17.2 Å². The Hall–Kier alpha value is -4.07. The van der Waals surface area contributed by atoms with Crippen LogP contribution in [0.5, 0.6) is 17.2 Å². The average molecular weight is 409 g/mol. The quantitative estimate of drug-likeness (QED) is 0.219. The van der Waals surface area contributed by atoms with Crippen LogP contribution in [0.25, 0.3) is 6.08 Å². The molecule has 8 heteroatoms. The number of ketones is 1. The van der Waals surface area contributed by atoms with Gasteiger partial charge in [0.05, 0.1) is 24.7 Å². The van der Waals surface area contributed by atoms with Gasteiger partial charge in [0.15, 0.2) is 5.78 Å². The molecule has 154 valence electrons. The van der Waals surface area contributed by atoms with Gasteiger partial charge < -0.3 is 18.6 Å². The molecule has 3 aromatic rings. The van der Waals surface area contributed by atoms with Crippen LogP contribution in [0.1, 0.15) is 21.9 Å². The highest BCUT2D eigenvalue weighted by Gasteiger charge is 2.12. The second-order valence-corrected chi connectivity index (χ2v) is 6.11. The number of nitrogens with zero attached hydrogens (tertiary/aromatic N) is 1. The molecule has 1 heterocycles. The highest BCUT2D eigenvalue weighted by molar-refractivity contribution is 6.08. The predicted octanol–water partition coefficient (Wildman–Crippen LogP) is 4.68. The van der Waals surface area contributed by atoms with Crippen LogP contribution in [0.4, 0.5) is 5.69 Å². The molecule has 30 heavy (non-hydrogen) atoms. The Balaban J connectivity index is 1.63. The van der Waals surface area contributed by atoms with Crippen LogP contribution in [0.2, 0.25) is 0 Å². The van der Waals surface area contributed by atoms with Gasteiger partial charge in [-0.25, -0.2) is 0 Å². The molecule has 0 aliphatic carbocycles. The van der Waals surface area contributed by atoms with Gasteiger partial charge in [-0.3, -0.25) is 14.9 Å². The first-order valence-electron chi connectivity index (χ1n) is 8.90. The highest BCUT2D eigenvalue weighted by atomic mass is 16.6. The number of hydrogen-bond donors (Lipinski definition) is 0. The fourth-order valence-electron chi connectivity index (χ4n) is 2.63. The summed E-state index contributed by atoms with van der Waals surface area (Å²) in [5.41, 5.74) is 0.367. The van der Waals surface area contributed by atoms with Crippen LogP contribution in [0.3, 0.4) is 0 Å². The SMILES string of the molecule is COc1ccc(OC)c(C(=O)/C=C/c2ccc(COc3ccc([N+](=O)[O-])cc3)o2)c1.